The lowest BCUT2D eigenvalue weighted by Gasteiger charge is -2.47. The molecule has 0 radical (unpaired) electrons. The first kappa shape index (κ1) is 46.9. The molecule has 2 saturated heterocycles. The standard InChI is InChI=1S/C44H69NO12/c1-10-13-31-19-25(2)18-26(3)20-37(54-8)40-38(55-9)22-28(5)44(52,57-40)41(49)42(50)45-17-12-11-14-32(45)43(51)56-39(29(6)34(47)24-35(31)48)27(4)21-30-15-16-33(46)36(23-30)53-7/h10,19,21,26,28-34,36-40,46-47,52H,1,11-18,20,22-24H2,2-9H3/b25-19+,27-21+/t26-,28+,29+,30-,31+,32?,33+,34-,36+,37-,38-,39+,40+,44+/m0/s1. The molecule has 14 atom stereocenters. The van der Waals surface area contributed by atoms with Gasteiger partial charge in [0, 0.05) is 52.0 Å². The van der Waals surface area contributed by atoms with Crippen molar-refractivity contribution in [1.82, 2.24) is 4.90 Å². The van der Waals surface area contributed by atoms with Crippen molar-refractivity contribution >= 4 is 23.4 Å². The van der Waals surface area contributed by atoms with Crippen molar-refractivity contribution in [3.8, 4) is 0 Å². The molecule has 0 spiro atoms. The Bertz CT molecular complexity index is 1480. The highest BCUT2D eigenvalue weighted by Crippen LogP contribution is 2.39. The van der Waals surface area contributed by atoms with E-state index in [0.29, 0.717) is 56.9 Å². The van der Waals surface area contributed by atoms with E-state index in [-0.39, 0.29) is 49.5 Å². The van der Waals surface area contributed by atoms with Crippen LogP contribution in [-0.2, 0) is 42.9 Å². The number of aliphatic hydroxyl groups is 3. The molecule has 3 N–H and O–H groups in total. The van der Waals surface area contributed by atoms with Crippen LogP contribution in [0.3, 0.4) is 0 Å². The van der Waals surface area contributed by atoms with Gasteiger partial charge in [-0.05, 0) is 95.5 Å². The number of hydrogen-bond donors (Lipinski definition) is 3. The van der Waals surface area contributed by atoms with E-state index in [2.05, 4.69) is 6.58 Å². The Morgan fingerprint density at radius 3 is 2.25 bits per heavy atom. The second-order valence-corrected chi connectivity index (χ2v) is 17.3. The zero-order valence-electron chi connectivity index (χ0n) is 35.4. The van der Waals surface area contributed by atoms with Gasteiger partial charge in [-0.1, -0.05) is 44.6 Å². The summed E-state index contributed by atoms with van der Waals surface area (Å²) in [6.07, 6.45) is 4.93. The number of carbonyl (C=O) groups excluding carboxylic acids is 4. The van der Waals surface area contributed by atoms with Crippen molar-refractivity contribution in [1.29, 1.82) is 0 Å². The summed E-state index contributed by atoms with van der Waals surface area (Å²) in [7, 11) is 4.61. The van der Waals surface area contributed by atoms with Crippen LogP contribution in [0.4, 0.5) is 0 Å². The number of esters is 1. The van der Waals surface area contributed by atoms with E-state index in [1.54, 1.807) is 27.0 Å². The van der Waals surface area contributed by atoms with Crippen LogP contribution in [0.5, 0.6) is 0 Å². The van der Waals surface area contributed by atoms with Crippen molar-refractivity contribution in [3.63, 3.8) is 0 Å². The van der Waals surface area contributed by atoms with E-state index in [0.717, 1.165) is 5.57 Å². The average Bonchev–Trinajstić information content (AvgIpc) is 3.18. The summed E-state index contributed by atoms with van der Waals surface area (Å²) in [6.45, 7) is 13.1. The number of fused-ring (bicyclic) bond motifs is 3. The van der Waals surface area contributed by atoms with Gasteiger partial charge in [0.05, 0.1) is 30.5 Å². The van der Waals surface area contributed by atoms with E-state index >= 15 is 0 Å². The van der Waals surface area contributed by atoms with Crippen molar-refractivity contribution in [3.05, 3.63) is 36.0 Å². The maximum atomic E-state index is 14.3. The summed E-state index contributed by atoms with van der Waals surface area (Å²) in [5.41, 5.74) is 1.61. The largest absolute Gasteiger partial charge is 0.456 e. The molecule has 57 heavy (non-hydrogen) atoms. The van der Waals surface area contributed by atoms with Gasteiger partial charge in [0.1, 0.15) is 24.0 Å². The molecule has 0 aromatic heterocycles. The minimum absolute atomic E-state index is 0.00988. The number of aliphatic hydroxyl groups excluding tert-OH is 2. The molecule has 2 bridgehead atoms. The Morgan fingerprint density at radius 1 is 0.930 bits per heavy atom. The molecule has 0 aromatic rings. The van der Waals surface area contributed by atoms with Crippen LogP contribution < -0.4 is 0 Å². The first-order valence-electron chi connectivity index (χ1n) is 20.9. The van der Waals surface area contributed by atoms with Crippen LogP contribution in [0.25, 0.3) is 0 Å². The number of Topliss-reactive ketones (excluding diaryl/α,β-unsaturated/α-hetero) is 2. The fourth-order valence-corrected chi connectivity index (χ4v) is 9.42. The molecule has 3 fully saturated rings. The molecule has 322 valence electrons. The number of hydrogen-bond acceptors (Lipinski definition) is 12. The summed E-state index contributed by atoms with van der Waals surface area (Å²) in [6, 6.07) is -1.14. The van der Waals surface area contributed by atoms with Crippen LogP contribution in [-0.4, -0.2) is 126 Å². The third kappa shape index (κ3) is 11.3. The van der Waals surface area contributed by atoms with Gasteiger partial charge in [-0.25, -0.2) is 4.79 Å². The third-order valence-electron chi connectivity index (χ3n) is 12.9. The molecular formula is C44H69NO12. The second kappa shape index (κ2) is 21.0. The predicted octanol–water partition coefficient (Wildman–Crippen LogP) is 4.64. The Labute approximate surface area is 339 Å². The molecule has 4 aliphatic rings. The zero-order chi connectivity index (χ0) is 42.2. The predicted molar refractivity (Wildman–Crippen MR) is 213 cm³/mol. The van der Waals surface area contributed by atoms with Crippen LogP contribution in [0.1, 0.15) is 105 Å². The van der Waals surface area contributed by atoms with E-state index in [9.17, 15) is 34.5 Å². The molecular weight excluding hydrogens is 734 g/mol. The topological polar surface area (TPSA) is 178 Å². The lowest BCUT2D eigenvalue weighted by molar-refractivity contribution is -0.302. The molecule has 1 saturated carbocycles. The Balaban J connectivity index is 1.78. The highest BCUT2D eigenvalue weighted by Gasteiger charge is 2.56. The molecule has 3 aliphatic heterocycles. The van der Waals surface area contributed by atoms with Gasteiger partial charge in [0.15, 0.2) is 0 Å². The van der Waals surface area contributed by atoms with Crippen LogP contribution >= 0.6 is 0 Å². The summed E-state index contributed by atoms with van der Waals surface area (Å²) in [5.74, 6) is -7.76. The number of amides is 1. The van der Waals surface area contributed by atoms with Gasteiger partial charge in [0.25, 0.3) is 11.7 Å². The van der Waals surface area contributed by atoms with Gasteiger partial charge in [0.2, 0.25) is 5.79 Å². The number of ether oxygens (including phenoxy) is 5. The number of rotatable bonds is 7. The fourth-order valence-electron chi connectivity index (χ4n) is 9.42. The van der Waals surface area contributed by atoms with E-state index in [1.807, 2.05) is 32.9 Å². The van der Waals surface area contributed by atoms with Gasteiger partial charge in [-0.2, -0.15) is 0 Å². The Morgan fingerprint density at radius 2 is 1.60 bits per heavy atom. The SMILES string of the molecule is C=CC[C@@H]1/C=C(\C)C[C@H](C)C[C@H](OC)[C@H]2O[C@@](O)(C(=O)C(=O)N3CCCCC3C(=O)O[C@H](/C(C)=C/[C@@H]3CC[C@@H](O)[C@H](OC)C3)[C@H](C)[C@@H](O)CC1=O)[C@H](C)C[C@@H]2OC. The third-order valence-corrected chi connectivity index (χ3v) is 12.9. The normalized spacial score (nSPS) is 41.0. The van der Waals surface area contributed by atoms with Gasteiger partial charge < -0.3 is 43.9 Å². The lowest BCUT2D eigenvalue weighted by atomic mass is 9.81. The second-order valence-electron chi connectivity index (χ2n) is 17.3. The smallest absolute Gasteiger partial charge is 0.329 e. The fraction of sp³-hybridized carbons (Fsp3) is 0.773. The summed E-state index contributed by atoms with van der Waals surface area (Å²) in [4.78, 5) is 57.8. The first-order chi connectivity index (χ1) is 27.0. The number of nitrogens with zero attached hydrogens (tertiary/aromatic N) is 1. The maximum Gasteiger partial charge on any atom is 0.329 e. The van der Waals surface area contributed by atoms with E-state index < -0.39 is 83.9 Å². The highest BCUT2D eigenvalue weighted by molar-refractivity contribution is 6.39. The molecule has 1 aliphatic carbocycles. The quantitative estimate of drug-likeness (QED) is 0.185. The Kier molecular flexibility index (Phi) is 17.2. The van der Waals surface area contributed by atoms with Crippen molar-refractivity contribution in [2.75, 3.05) is 27.9 Å². The van der Waals surface area contributed by atoms with Crippen molar-refractivity contribution in [2.24, 2.45) is 29.6 Å². The van der Waals surface area contributed by atoms with E-state index in [4.69, 9.17) is 23.7 Å². The minimum atomic E-state index is -2.51. The number of carbonyl (C=O) groups is 4. The lowest BCUT2D eigenvalue weighted by Crippen LogP contribution is -2.64. The minimum Gasteiger partial charge on any atom is -0.456 e. The van der Waals surface area contributed by atoms with Crippen LogP contribution in [0.2, 0.25) is 0 Å². The van der Waals surface area contributed by atoms with E-state index in [1.165, 1.54) is 19.1 Å². The number of cyclic esters (lactones) is 1. The van der Waals surface area contributed by atoms with Gasteiger partial charge in [-0.3, -0.25) is 14.4 Å². The molecule has 0 aromatic carbocycles. The van der Waals surface area contributed by atoms with Crippen LogP contribution in [0.15, 0.2) is 36.0 Å². The molecule has 13 nitrogen and oxygen atoms in total. The number of piperidine rings is 1. The summed E-state index contributed by atoms with van der Waals surface area (Å²) < 4.78 is 29.7. The van der Waals surface area contributed by atoms with Gasteiger partial charge >= 0.3 is 5.97 Å². The molecule has 1 unspecified atom stereocenters. The zero-order valence-corrected chi connectivity index (χ0v) is 35.4. The van der Waals surface area contributed by atoms with Crippen molar-refractivity contribution in [2.45, 2.75) is 160 Å². The number of allylic oxidation sites excluding steroid dienone is 4. The molecule has 1 amide bonds. The molecule has 13 heteroatoms. The monoisotopic (exact) mass is 803 g/mol. The summed E-state index contributed by atoms with van der Waals surface area (Å²) in [5, 5.41) is 34.1. The van der Waals surface area contributed by atoms with Gasteiger partial charge in [-0.15, -0.1) is 6.58 Å². The molecule has 3 heterocycles. The van der Waals surface area contributed by atoms with Crippen LogP contribution in [0, 0.1) is 29.6 Å². The summed E-state index contributed by atoms with van der Waals surface area (Å²) >= 11 is 0. The average molecular weight is 804 g/mol. The number of methoxy groups -OCH3 is 3. The highest BCUT2D eigenvalue weighted by atomic mass is 16.7. The maximum absolute atomic E-state index is 14.3. The molecule has 4 rings (SSSR count). The Hall–Kier alpha value is -2.78. The first-order valence-corrected chi connectivity index (χ1v) is 20.9. The van der Waals surface area contributed by atoms with Crippen molar-refractivity contribution < 1.29 is 58.2 Å². The number of ketones is 2.